The molecule has 0 bridgehead atoms. The molecule has 8 nitrogen and oxygen atoms in total. The van der Waals surface area contributed by atoms with Gasteiger partial charge in [0.2, 0.25) is 0 Å². The molecular formula is C12H14N4O4. The highest BCUT2D eigenvalue weighted by molar-refractivity contribution is 5.65. The van der Waals surface area contributed by atoms with Crippen molar-refractivity contribution in [2.45, 2.75) is 0 Å². The van der Waals surface area contributed by atoms with E-state index in [0.29, 0.717) is 24.9 Å². The highest BCUT2D eigenvalue weighted by atomic mass is 16.6. The summed E-state index contributed by atoms with van der Waals surface area (Å²) in [7, 11) is 0. The molecule has 3 rings (SSSR count). The Kier molecular flexibility index (Phi) is 2.92. The lowest BCUT2D eigenvalue weighted by atomic mass is 10.0. The van der Waals surface area contributed by atoms with E-state index in [4.69, 9.17) is 5.11 Å². The van der Waals surface area contributed by atoms with Crippen LogP contribution in [0.4, 0.5) is 16.3 Å². The summed E-state index contributed by atoms with van der Waals surface area (Å²) in [5.74, 6) is 0.507. The van der Waals surface area contributed by atoms with Gasteiger partial charge in [-0.15, -0.1) is 0 Å². The predicted molar refractivity (Wildman–Crippen MR) is 69.7 cm³/mol. The third-order valence-electron chi connectivity index (χ3n) is 4.04. The van der Waals surface area contributed by atoms with Crippen molar-refractivity contribution in [2.75, 3.05) is 31.1 Å². The largest absolute Gasteiger partial charge is 0.465 e. The molecule has 0 spiro atoms. The summed E-state index contributed by atoms with van der Waals surface area (Å²) < 4.78 is 0. The van der Waals surface area contributed by atoms with Crippen molar-refractivity contribution < 1.29 is 14.8 Å². The first-order valence-corrected chi connectivity index (χ1v) is 6.38. The van der Waals surface area contributed by atoms with E-state index in [1.165, 1.54) is 17.2 Å². The monoisotopic (exact) mass is 278 g/mol. The zero-order valence-electron chi connectivity index (χ0n) is 10.7. The Labute approximate surface area is 114 Å². The standard InChI is InChI=1S/C12H14N4O4/c17-12(18)15-6-8-4-14(5-9(8)7-15)10-1-2-11(13-3-10)16(19)20/h1-3,8-9H,4-7H2,(H,17,18). The molecule has 1 aromatic rings. The molecule has 2 aliphatic heterocycles. The smallest absolute Gasteiger partial charge is 0.407 e. The number of likely N-dealkylation sites (tertiary alicyclic amines) is 1. The average Bonchev–Trinajstić information content (AvgIpc) is 2.96. The Morgan fingerprint density at radius 2 is 1.95 bits per heavy atom. The topological polar surface area (TPSA) is 99.8 Å². The molecule has 20 heavy (non-hydrogen) atoms. The molecule has 0 saturated carbocycles. The molecule has 1 aromatic heterocycles. The summed E-state index contributed by atoms with van der Waals surface area (Å²) in [5, 5.41) is 19.5. The number of nitrogens with zero attached hydrogens (tertiary/aromatic N) is 4. The molecule has 2 saturated heterocycles. The van der Waals surface area contributed by atoms with Crippen LogP contribution in [0.1, 0.15) is 0 Å². The van der Waals surface area contributed by atoms with Crippen LogP contribution in [0.15, 0.2) is 18.3 Å². The maximum absolute atomic E-state index is 10.9. The summed E-state index contributed by atoms with van der Waals surface area (Å²) in [6.45, 7) is 2.68. The Morgan fingerprint density at radius 1 is 1.30 bits per heavy atom. The quantitative estimate of drug-likeness (QED) is 0.640. The average molecular weight is 278 g/mol. The number of hydrogen-bond donors (Lipinski definition) is 1. The van der Waals surface area contributed by atoms with E-state index in [-0.39, 0.29) is 5.82 Å². The van der Waals surface area contributed by atoms with Crippen molar-refractivity contribution in [1.29, 1.82) is 0 Å². The zero-order chi connectivity index (χ0) is 14.3. The van der Waals surface area contributed by atoms with Crippen LogP contribution in [0, 0.1) is 22.0 Å². The van der Waals surface area contributed by atoms with Crippen LogP contribution in [0.5, 0.6) is 0 Å². The molecule has 0 radical (unpaired) electrons. The van der Waals surface area contributed by atoms with E-state index in [1.54, 1.807) is 6.07 Å². The second-order valence-electron chi connectivity index (χ2n) is 5.24. The van der Waals surface area contributed by atoms with Gasteiger partial charge < -0.3 is 25.0 Å². The van der Waals surface area contributed by atoms with Gasteiger partial charge in [-0.3, -0.25) is 0 Å². The number of carboxylic acid groups (broad SMARTS) is 1. The second-order valence-corrected chi connectivity index (χ2v) is 5.24. The number of fused-ring (bicyclic) bond motifs is 1. The Bertz CT molecular complexity index is 533. The summed E-state index contributed by atoms with van der Waals surface area (Å²) in [4.78, 5) is 28.4. The molecule has 8 heteroatoms. The van der Waals surface area contributed by atoms with Crippen LogP contribution >= 0.6 is 0 Å². The molecule has 2 atom stereocenters. The van der Waals surface area contributed by atoms with Gasteiger partial charge in [0.15, 0.2) is 6.20 Å². The number of carbonyl (C=O) groups is 1. The Morgan fingerprint density at radius 3 is 2.40 bits per heavy atom. The van der Waals surface area contributed by atoms with Gasteiger partial charge in [-0.1, -0.05) is 0 Å². The van der Waals surface area contributed by atoms with Crippen LogP contribution in [-0.2, 0) is 0 Å². The molecule has 106 valence electrons. The first-order valence-electron chi connectivity index (χ1n) is 6.38. The van der Waals surface area contributed by atoms with Crippen molar-refractivity contribution in [3.63, 3.8) is 0 Å². The fourth-order valence-corrected chi connectivity index (χ4v) is 3.03. The van der Waals surface area contributed by atoms with Crippen LogP contribution in [-0.4, -0.2) is 52.2 Å². The summed E-state index contributed by atoms with van der Waals surface area (Å²) in [6.07, 6.45) is 0.650. The van der Waals surface area contributed by atoms with Crippen molar-refractivity contribution >= 4 is 17.6 Å². The number of rotatable bonds is 2. The summed E-state index contributed by atoms with van der Waals surface area (Å²) in [6, 6.07) is 3.09. The highest BCUT2D eigenvalue weighted by Crippen LogP contribution is 2.33. The fraction of sp³-hybridized carbons (Fsp3) is 0.500. The number of anilines is 1. The van der Waals surface area contributed by atoms with Gasteiger partial charge in [0, 0.05) is 44.1 Å². The lowest BCUT2D eigenvalue weighted by molar-refractivity contribution is -0.389. The van der Waals surface area contributed by atoms with E-state index < -0.39 is 11.0 Å². The van der Waals surface area contributed by atoms with Crippen LogP contribution < -0.4 is 4.90 Å². The number of amides is 1. The number of pyridine rings is 1. The summed E-state index contributed by atoms with van der Waals surface area (Å²) >= 11 is 0. The maximum Gasteiger partial charge on any atom is 0.407 e. The normalized spacial score (nSPS) is 24.8. The molecule has 2 fully saturated rings. The minimum atomic E-state index is -0.858. The van der Waals surface area contributed by atoms with Gasteiger partial charge in [0.25, 0.3) is 0 Å². The SMILES string of the molecule is O=C(O)N1CC2CN(c3ccc([N+](=O)[O-])nc3)CC2C1. The van der Waals surface area contributed by atoms with E-state index in [2.05, 4.69) is 9.88 Å². The Hall–Kier alpha value is -2.38. The molecular weight excluding hydrogens is 264 g/mol. The molecule has 2 aliphatic rings. The maximum atomic E-state index is 10.9. The Balaban J connectivity index is 1.67. The lowest BCUT2D eigenvalue weighted by Crippen LogP contribution is -2.32. The van der Waals surface area contributed by atoms with Gasteiger partial charge in [0.05, 0.1) is 5.69 Å². The summed E-state index contributed by atoms with van der Waals surface area (Å²) in [5.41, 5.74) is 0.854. The molecule has 0 aliphatic carbocycles. The zero-order valence-corrected chi connectivity index (χ0v) is 10.7. The van der Waals surface area contributed by atoms with E-state index >= 15 is 0 Å². The van der Waals surface area contributed by atoms with E-state index in [1.807, 2.05) is 0 Å². The first kappa shape index (κ1) is 12.6. The molecule has 1 N–H and O–H groups in total. The van der Waals surface area contributed by atoms with Gasteiger partial charge >= 0.3 is 11.9 Å². The second kappa shape index (κ2) is 4.62. The molecule has 0 aromatic carbocycles. The van der Waals surface area contributed by atoms with E-state index in [9.17, 15) is 14.9 Å². The van der Waals surface area contributed by atoms with Crippen molar-refractivity contribution in [2.24, 2.45) is 11.8 Å². The third kappa shape index (κ3) is 2.13. The third-order valence-corrected chi connectivity index (χ3v) is 4.04. The predicted octanol–water partition coefficient (Wildman–Crippen LogP) is 1.04. The lowest BCUT2D eigenvalue weighted by Gasteiger charge is -2.20. The number of hydrogen-bond acceptors (Lipinski definition) is 5. The van der Waals surface area contributed by atoms with Crippen LogP contribution in [0.2, 0.25) is 0 Å². The van der Waals surface area contributed by atoms with Crippen molar-refractivity contribution in [1.82, 2.24) is 9.88 Å². The van der Waals surface area contributed by atoms with Gasteiger partial charge in [-0.05, 0) is 16.0 Å². The minimum absolute atomic E-state index is 0.162. The van der Waals surface area contributed by atoms with Gasteiger partial charge in [-0.25, -0.2) is 4.79 Å². The molecule has 2 unspecified atom stereocenters. The van der Waals surface area contributed by atoms with Crippen LogP contribution in [0.25, 0.3) is 0 Å². The number of aromatic nitrogens is 1. The fourth-order valence-electron chi connectivity index (χ4n) is 3.03. The van der Waals surface area contributed by atoms with Crippen LogP contribution in [0.3, 0.4) is 0 Å². The number of nitro groups is 1. The van der Waals surface area contributed by atoms with Crippen molar-refractivity contribution in [3.05, 3.63) is 28.4 Å². The molecule has 1 amide bonds. The van der Waals surface area contributed by atoms with E-state index in [0.717, 1.165) is 18.8 Å². The minimum Gasteiger partial charge on any atom is -0.465 e. The molecule has 3 heterocycles. The van der Waals surface area contributed by atoms with Gasteiger partial charge in [0.1, 0.15) is 0 Å². The highest BCUT2D eigenvalue weighted by Gasteiger charge is 2.41. The van der Waals surface area contributed by atoms with Gasteiger partial charge in [-0.2, -0.15) is 0 Å². The van der Waals surface area contributed by atoms with Crippen molar-refractivity contribution in [3.8, 4) is 0 Å². The first-order chi connectivity index (χ1) is 9.54.